The summed E-state index contributed by atoms with van der Waals surface area (Å²) in [5, 5.41) is 3.03. The number of piperidine rings is 1. The van der Waals surface area contributed by atoms with E-state index in [1.54, 1.807) is 4.90 Å². The molecule has 1 saturated carbocycles. The van der Waals surface area contributed by atoms with Gasteiger partial charge in [0.15, 0.2) is 0 Å². The van der Waals surface area contributed by atoms with E-state index in [-0.39, 0.29) is 12.4 Å². The van der Waals surface area contributed by atoms with E-state index in [0.717, 1.165) is 25.9 Å². The summed E-state index contributed by atoms with van der Waals surface area (Å²) < 4.78 is 0. The molecule has 2 aliphatic rings. The van der Waals surface area contributed by atoms with Crippen LogP contribution >= 0.6 is 0 Å². The van der Waals surface area contributed by atoms with Gasteiger partial charge < -0.3 is 22.6 Å². The minimum absolute atomic E-state index is 0. The average Bonchev–Trinajstić information content (AvgIpc) is 3.02. The monoisotopic (exact) mass is 232 g/mol. The van der Waals surface area contributed by atoms with Crippen molar-refractivity contribution in [1.29, 1.82) is 0 Å². The number of amides is 1. The summed E-state index contributed by atoms with van der Waals surface area (Å²) in [5.74, 6) is 0.660. The molecule has 0 radical (unpaired) electrons. The zero-order valence-electron chi connectivity index (χ0n) is 9.23. The third-order valence-corrected chi connectivity index (χ3v) is 3.29. The van der Waals surface area contributed by atoms with Crippen LogP contribution in [-0.2, 0) is 4.79 Å². The number of likely N-dealkylation sites (tertiary alicyclic amines) is 1. The summed E-state index contributed by atoms with van der Waals surface area (Å²) in [5.41, 5.74) is 0. The van der Waals surface area contributed by atoms with Gasteiger partial charge in [-0.1, -0.05) is 0 Å². The number of halogens is 1. The fourth-order valence-corrected chi connectivity index (χ4v) is 2.15. The molecule has 15 heavy (non-hydrogen) atoms. The third-order valence-electron chi connectivity index (χ3n) is 3.29. The van der Waals surface area contributed by atoms with Crippen LogP contribution in [-0.4, -0.2) is 32.1 Å². The van der Waals surface area contributed by atoms with Crippen molar-refractivity contribution in [3.05, 3.63) is 0 Å². The molecule has 4 heteroatoms. The maximum Gasteiger partial charge on any atom is 0.223 e. The predicted molar refractivity (Wildman–Crippen MR) is 55.1 cm³/mol. The molecule has 0 aromatic heterocycles. The van der Waals surface area contributed by atoms with Crippen molar-refractivity contribution < 1.29 is 22.1 Å². The second kappa shape index (κ2) is 6.33. The molecule has 0 spiro atoms. The van der Waals surface area contributed by atoms with E-state index in [1.165, 1.54) is 32.4 Å². The van der Waals surface area contributed by atoms with Gasteiger partial charge in [-0.15, -0.1) is 0 Å². The van der Waals surface area contributed by atoms with Crippen LogP contribution in [0.15, 0.2) is 0 Å². The molecular formula is C11H21ClN2O. The molecule has 1 heterocycles. The van der Waals surface area contributed by atoms with Crippen LogP contribution < -0.4 is 22.6 Å². The lowest BCUT2D eigenvalue weighted by Crippen LogP contribution is -3.13. The topological polar surface area (TPSA) is 33.5 Å². The molecule has 0 unspecified atom stereocenters. The molecule has 2 fully saturated rings. The Bertz CT molecular complexity index is 201. The summed E-state index contributed by atoms with van der Waals surface area (Å²) in [6, 6.07) is 0. The van der Waals surface area contributed by atoms with E-state index in [0.29, 0.717) is 11.8 Å². The highest BCUT2D eigenvalue weighted by molar-refractivity contribution is 5.80. The first-order valence-electron chi connectivity index (χ1n) is 5.97. The minimum atomic E-state index is 0. The lowest BCUT2D eigenvalue weighted by Gasteiger charge is -2.23. The van der Waals surface area contributed by atoms with Crippen LogP contribution in [0.25, 0.3) is 0 Å². The second-order valence-electron chi connectivity index (χ2n) is 4.63. The van der Waals surface area contributed by atoms with E-state index in [1.807, 2.05) is 0 Å². The summed E-state index contributed by atoms with van der Waals surface area (Å²) in [7, 11) is 0. The van der Waals surface area contributed by atoms with Crippen molar-refractivity contribution in [2.75, 3.05) is 26.2 Å². The van der Waals surface area contributed by atoms with Gasteiger partial charge in [0.05, 0.1) is 26.2 Å². The molecule has 1 aliphatic heterocycles. The molecular weight excluding hydrogens is 212 g/mol. The van der Waals surface area contributed by atoms with Crippen molar-refractivity contribution in [3.63, 3.8) is 0 Å². The Morgan fingerprint density at radius 3 is 2.47 bits per heavy atom. The Kier molecular flexibility index (Phi) is 5.40. The van der Waals surface area contributed by atoms with Crippen LogP contribution in [0.3, 0.4) is 0 Å². The van der Waals surface area contributed by atoms with Crippen LogP contribution in [0.5, 0.6) is 0 Å². The molecule has 2 rings (SSSR count). The zero-order chi connectivity index (χ0) is 9.80. The van der Waals surface area contributed by atoms with E-state index >= 15 is 0 Å². The zero-order valence-corrected chi connectivity index (χ0v) is 9.98. The number of nitrogens with one attached hydrogen (secondary N) is 2. The molecule has 3 nitrogen and oxygen atoms in total. The first-order chi connectivity index (χ1) is 6.86. The Labute approximate surface area is 98.0 Å². The highest BCUT2D eigenvalue weighted by atomic mass is 35.5. The van der Waals surface area contributed by atoms with Gasteiger partial charge in [0.1, 0.15) is 0 Å². The number of quaternary nitrogens is 1. The maximum atomic E-state index is 11.3. The maximum absolute atomic E-state index is 11.3. The molecule has 0 bridgehead atoms. The van der Waals surface area contributed by atoms with Crippen molar-refractivity contribution in [3.8, 4) is 0 Å². The van der Waals surface area contributed by atoms with Crippen molar-refractivity contribution in [2.24, 2.45) is 5.92 Å². The lowest BCUT2D eigenvalue weighted by molar-refractivity contribution is -0.903. The fraction of sp³-hybridized carbons (Fsp3) is 0.909. The molecule has 88 valence electrons. The van der Waals surface area contributed by atoms with E-state index in [9.17, 15) is 4.79 Å². The van der Waals surface area contributed by atoms with Crippen LogP contribution in [0.1, 0.15) is 32.1 Å². The van der Waals surface area contributed by atoms with Crippen LogP contribution in [0.4, 0.5) is 0 Å². The second-order valence-corrected chi connectivity index (χ2v) is 4.63. The van der Waals surface area contributed by atoms with Gasteiger partial charge >= 0.3 is 0 Å². The Morgan fingerprint density at radius 1 is 1.20 bits per heavy atom. The number of hydrogen-bond donors (Lipinski definition) is 2. The largest absolute Gasteiger partial charge is 1.00 e. The van der Waals surface area contributed by atoms with Crippen molar-refractivity contribution in [2.45, 2.75) is 32.1 Å². The summed E-state index contributed by atoms with van der Waals surface area (Å²) >= 11 is 0. The van der Waals surface area contributed by atoms with Gasteiger partial charge in [0, 0.05) is 5.92 Å². The van der Waals surface area contributed by atoms with Gasteiger partial charge in [0.25, 0.3) is 0 Å². The quantitative estimate of drug-likeness (QED) is 0.521. The van der Waals surface area contributed by atoms with Gasteiger partial charge in [-0.2, -0.15) is 0 Å². The SMILES string of the molecule is O=C(NCC[NH+]1CCCCC1)C1CC1.[Cl-]. The molecule has 0 aromatic rings. The van der Waals surface area contributed by atoms with Crippen LogP contribution in [0.2, 0.25) is 0 Å². The van der Waals surface area contributed by atoms with E-state index in [2.05, 4.69) is 5.32 Å². The first kappa shape index (κ1) is 12.8. The molecule has 1 aliphatic carbocycles. The van der Waals surface area contributed by atoms with Crippen LogP contribution in [0, 0.1) is 5.92 Å². The molecule has 2 N–H and O–H groups in total. The van der Waals surface area contributed by atoms with Crippen molar-refractivity contribution in [1.82, 2.24) is 5.32 Å². The number of rotatable bonds is 4. The number of carbonyl (C=O) groups excluding carboxylic acids is 1. The minimum Gasteiger partial charge on any atom is -1.00 e. The number of hydrogen-bond acceptors (Lipinski definition) is 1. The van der Waals surface area contributed by atoms with Crippen molar-refractivity contribution >= 4 is 5.91 Å². The average molecular weight is 233 g/mol. The standard InChI is InChI=1S/C11H20N2O.ClH/c14-11(10-4-5-10)12-6-9-13-7-2-1-3-8-13;/h10H,1-9H2,(H,12,14);1H. The Morgan fingerprint density at radius 2 is 1.87 bits per heavy atom. The van der Waals surface area contributed by atoms with Gasteiger partial charge in [-0.05, 0) is 32.1 Å². The highest BCUT2D eigenvalue weighted by Gasteiger charge is 2.29. The predicted octanol–water partition coefficient (Wildman–Crippen LogP) is -3.41. The molecule has 1 amide bonds. The Balaban J connectivity index is 0.00000112. The fourth-order valence-electron chi connectivity index (χ4n) is 2.15. The normalized spacial score (nSPS) is 21.9. The van der Waals surface area contributed by atoms with Gasteiger partial charge in [0.2, 0.25) is 5.91 Å². The first-order valence-corrected chi connectivity index (χ1v) is 5.97. The summed E-state index contributed by atoms with van der Waals surface area (Å²) in [6.45, 7) is 4.61. The van der Waals surface area contributed by atoms with Gasteiger partial charge in [-0.3, -0.25) is 4.79 Å². The molecule has 0 aromatic carbocycles. The number of carbonyl (C=O) groups is 1. The summed E-state index contributed by atoms with van der Waals surface area (Å²) in [6.07, 6.45) is 6.36. The lowest BCUT2D eigenvalue weighted by atomic mass is 10.1. The smallest absolute Gasteiger partial charge is 0.223 e. The molecule has 1 saturated heterocycles. The third kappa shape index (κ3) is 4.39. The Hall–Kier alpha value is -0.280. The highest BCUT2D eigenvalue weighted by Crippen LogP contribution is 2.28. The van der Waals surface area contributed by atoms with E-state index < -0.39 is 0 Å². The molecule has 0 atom stereocenters. The van der Waals surface area contributed by atoms with E-state index in [4.69, 9.17) is 0 Å². The van der Waals surface area contributed by atoms with Gasteiger partial charge in [-0.25, -0.2) is 0 Å². The summed E-state index contributed by atoms with van der Waals surface area (Å²) in [4.78, 5) is 13.0.